The summed E-state index contributed by atoms with van der Waals surface area (Å²) in [6.07, 6.45) is 4.09. The Balaban J connectivity index is 1.34. The first-order valence-electron chi connectivity index (χ1n) is 10.2. The zero-order valence-corrected chi connectivity index (χ0v) is 17.1. The molecule has 158 valence electrons. The minimum absolute atomic E-state index is 0.144. The van der Waals surface area contributed by atoms with Crippen molar-refractivity contribution in [2.24, 2.45) is 5.92 Å². The van der Waals surface area contributed by atoms with E-state index in [0.29, 0.717) is 40.8 Å². The van der Waals surface area contributed by atoms with Crippen LogP contribution in [-0.4, -0.2) is 28.6 Å². The van der Waals surface area contributed by atoms with E-state index in [-0.39, 0.29) is 24.6 Å². The van der Waals surface area contributed by atoms with Crippen molar-refractivity contribution in [3.63, 3.8) is 0 Å². The van der Waals surface area contributed by atoms with Crippen LogP contribution < -0.4 is 10.2 Å². The molecule has 30 heavy (non-hydrogen) atoms. The SMILES string of the molecule is CC(C)[C@H]1CCCN1c1ccc(NC(=O)CCc2nc(-c3ccco3)no2)cc1F. The molecule has 3 heterocycles. The van der Waals surface area contributed by atoms with Crippen molar-refractivity contribution < 1.29 is 18.1 Å². The Morgan fingerprint density at radius 3 is 2.97 bits per heavy atom. The van der Waals surface area contributed by atoms with Gasteiger partial charge in [-0.05, 0) is 49.1 Å². The van der Waals surface area contributed by atoms with Gasteiger partial charge in [0.2, 0.25) is 17.6 Å². The zero-order valence-electron chi connectivity index (χ0n) is 17.1. The Bertz CT molecular complexity index is 1000. The molecule has 0 bridgehead atoms. The molecule has 3 aromatic rings. The zero-order chi connectivity index (χ0) is 21.1. The number of carbonyl (C=O) groups is 1. The number of furan rings is 1. The first-order valence-corrected chi connectivity index (χ1v) is 10.2. The third-order valence-corrected chi connectivity index (χ3v) is 5.39. The van der Waals surface area contributed by atoms with E-state index in [1.54, 1.807) is 24.3 Å². The normalized spacial score (nSPS) is 16.4. The fourth-order valence-electron chi connectivity index (χ4n) is 3.91. The fraction of sp³-hybridized carbons (Fsp3) is 0.409. The number of aromatic nitrogens is 2. The minimum Gasteiger partial charge on any atom is -0.461 e. The molecular weight excluding hydrogens is 387 g/mol. The monoisotopic (exact) mass is 412 g/mol. The summed E-state index contributed by atoms with van der Waals surface area (Å²) < 4.78 is 25.1. The van der Waals surface area contributed by atoms with E-state index in [9.17, 15) is 9.18 Å². The van der Waals surface area contributed by atoms with E-state index in [2.05, 4.69) is 34.2 Å². The van der Waals surface area contributed by atoms with E-state index in [1.807, 2.05) is 0 Å². The van der Waals surface area contributed by atoms with Gasteiger partial charge in [-0.15, -0.1) is 0 Å². The first-order chi connectivity index (χ1) is 14.5. The van der Waals surface area contributed by atoms with Crippen LogP contribution in [0.25, 0.3) is 11.6 Å². The van der Waals surface area contributed by atoms with Gasteiger partial charge in [0, 0.05) is 31.1 Å². The van der Waals surface area contributed by atoms with Crippen LogP contribution in [0, 0.1) is 11.7 Å². The molecule has 1 saturated heterocycles. The predicted molar refractivity (Wildman–Crippen MR) is 111 cm³/mol. The Morgan fingerprint density at radius 2 is 2.23 bits per heavy atom. The molecule has 4 rings (SSSR count). The van der Waals surface area contributed by atoms with Gasteiger partial charge >= 0.3 is 0 Å². The number of nitrogens with zero attached hydrogens (tertiary/aromatic N) is 3. The number of benzene rings is 1. The number of amides is 1. The van der Waals surface area contributed by atoms with Crippen LogP contribution in [0.2, 0.25) is 0 Å². The number of anilines is 2. The molecule has 1 amide bonds. The van der Waals surface area contributed by atoms with Gasteiger partial charge in [0.15, 0.2) is 5.76 Å². The van der Waals surface area contributed by atoms with Crippen molar-refractivity contribution in [3.8, 4) is 11.6 Å². The topological polar surface area (TPSA) is 84.4 Å². The maximum absolute atomic E-state index is 14.7. The molecule has 0 aliphatic carbocycles. The number of rotatable bonds is 7. The Hall–Kier alpha value is -3.16. The van der Waals surface area contributed by atoms with Gasteiger partial charge in [-0.2, -0.15) is 4.98 Å². The lowest BCUT2D eigenvalue weighted by Gasteiger charge is -2.30. The lowest BCUT2D eigenvalue weighted by Crippen LogP contribution is -2.33. The van der Waals surface area contributed by atoms with Gasteiger partial charge in [-0.1, -0.05) is 19.0 Å². The van der Waals surface area contributed by atoms with Crippen LogP contribution >= 0.6 is 0 Å². The number of carbonyl (C=O) groups excluding carboxylic acids is 1. The molecule has 1 atom stereocenters. The van der Waals surface area contributed by atoms with Gasteiger partial charge in [0.05, 0.1) is 12.0 Å². The number of halogens is 1. The Kier molecular flexibility index (Phi) is 5.83. The Morgan fingerprint density at radius 1 is 1.37 bits per heavy atom. The van der Waals surface area contributed by atoms with Gasteiger partial charge in [-0.3, -0.25) is 4.79 Å². The highest BCUT2D eigenvalue weighted by atomic mass is 19.1. The average Bonchev–Trinajstić information content (AvgIpc) is 3.47. The third kappa shape index (κ3) is 4.37. The summed E-state index contributed by atoms with van der Waals surface area (Å²) in [5.74, 6) is 1.08. The summed E-state index contributed by atoms with van der Waals surface area (Å²) in [7, 11) is 0. The maximum Gasteiger partial charge on any atom is 0.238 e. The molecule has 0 saturated carbocycles. The molecule has 2 aromatic heterocycles. The molecule has 0 spiro atoms. The standard InChI is InChI=1S/C22H25FN4O3/c1-14(2)17-5-3-11-27(17)18-8-7-15(13-16(18)23)24-20(28)9-10-21-25-22(26-30-21)19-6-4-12-29-19/h4,6-8,12-14,17H,3,5,9-11H2,1-2H3,(H,24,28)/t17-/m1/s1. The molecule has 1 aliphatic rings. The summed E-state index contributed by atoms with van der Waals surface area (Å²) in [6.45, 7) is 5.18. The molecule has 1 fully saturated rings. The van der Waals surface area contributed by atoms with E-state index in [0.717, 1.165) is 19.4 Å². The third-order valence-electron chi connectivity index (χ3n) is 5.39. The van der Waals surface area contributed by atoms with Crippen LogP contribution in [0.1, 0.15) is 39.0 Å². The van der Waals surface area contributed by atoms with Gasteiger partial charge in [-0.25, -0.2) is 4.39 Å². The fourth-order valence-corrected chi connectivity index (χ4v) is 3.91. The summed E-state index contributed by atoms with van der Waals surface area (Å²) in [5.41, 5.74) is 1.03. The van der Waals surface area contributed by atoms with Crippen molar-refractivity contribution in [2.75, 3.05) is 16.8 Å². The van der Waals surface area contributed by atoms with E-state index >= 15 is 0 Å². The molecule has 8 heteroatoms. The van der Waals surface area contributed by atoms with Crippen molar-refractivity contribution >= 4 is 17.3 Å². The summed E-state index contributed by atoms with van der Waals surface area (Å²) >= 11 is 0. The number of hydrogen-bond acceptors (Lipinski definition) is 6. The van der Waals surface area contributed by atoms with Crippen molar-refractivity contribution in [1.82, 2.24) is 10.1 Å². The van der Waals surface area contributed by atoms with Crippen LogP contribution in [0.3, 0.4) is 0 Å². The number of nitrogens with one attached hydrogen (secondary N) is 1. The van der Waals surface area contributed by atoms with Gasteiger partial charge in [0.1, 0.15) is 5.82 Å². The van der Waals surface area contributed by atoms with Crippen LogP contribution in [0.5, 0.6) is 0 Å². The number of hydrogen-bond donors (Lipinski definition) is 1. The van der Waals surface area contributed by atoms with Crippen molar-refractivity contribution in [2.45, 2.75) is 45.6 Å². The predicted octanol–water partition coefficient (Wildman–Crippen LogP) is 4.66. The average molecular weight is 412 g/mol. The lowest BCUT2D eigenvalue weighted by molar-refractivity contribution is -0.116. The molecule has 1 aromatic carbocycles. The maximum atomic E-state index is 14.7. The molecule has 0 unspecified atom stereocenters. The second kappa shape index (κ2) is 8.69. The molecule has 0 radical (unpaired) electrons. The van der Waals surface area contributed by atoms with Gasteiger partial charge < -0.3 is 19.2 Å². The second-order valence-electron chi connectivity index (χ2n) is 7.85. The Labute approximate surface area is 174 Å². The smallest absolute Gasteiger partial charge is 0.238 e. The van der Waals surface area contributed by atoms with E-state index in [4.69, 9.17) is 8.94 Å². The van der Waals surface area contributed by atoms with Gasteiger partial charge in [0.25, 0.3) is 0 Å². The van der Waals surface area contributed by atoms with Crippen molar-refractivity contribution in [1.29, 1.82) is 0 Å². The van der Waals surface area contributed by atoms with Crippen molar-refractivity contribution in [3.05, 3.63) is 48.3 Å². The molecule has 1 aliphatic heterocycles. The summed E-state index contributed by atoms with van der Waals surface area (Å²) in [4.78, 5) is 18.6. The van der Waals surface area contributed by atoms with Crippen LogP contribution in [0.4, 0.5) is 15.8 Å². The quantitative estimate of drug-likeness (QED) is 0.607. The van der Waals surface area contributed by atoms with Crippen LogP contribution in [0.15, 0.2) is 45.5 Å². The highest BCUT2D eigenvalue weighted by Crippen LogP contribution is 2.32. The second-order valence-corrected chi connectivity index (χ2v) is 7.85. The van der Waals surface area contributed by atoms with Crippen LogP contribution in [-0.2, 0) is 11.2 Å². The summed E-state index contributed by atoms with van der Waals surface area (Å²) in [6, 6.07) is 8.68. The highest BCUT2D eigenvalue weighted by molar-refractivity contribution is 5.91. The van der Waals surface area contributed by atoms with E-state index < -0.39 is 0 Å². The molecule has 7 nitrogen and oxygen atoms in total. The first kappa shape index (κ1) is 20.1. The lowest BCUT2D eigenvalue weighted by atomic mass is 10.0. The van der Waals surface area contributed by atoms with E-state index in [1.165, 1.54) is 12.3 Å². The largest absolute Gasteiger partial charge is 0.461 e. The number of aryl methyl sites for hydroxylation is 1. The molecular formula is C22H25FN4O3. The minimum atomic E-state index is -0.319. The highest BCUT2D eigenvalue weighted by Gasteiger charge is 2.29. The molecule has 1 N–H and O–H groups in total. The summed E-state index contributed by atoms with van der Waals surface area (Å²) in [5, 5.41) is 6.57.